The Bertz CT molecular complexity index is 1030. The Hall–Kier alpha value is -3.81. The standard InChI is InChI=1S/C25H27N5O2/c1-19(2)14-30-25(16-26,17-27)18-29-22-9-5-7-20(13-22)23(10-3-4-11-24(31)32)21-8-6-12-28-15-21/h5-10,12-13,15,18-19,30H,3-4,11,14H2,1-2H3,(H,31,32)/b23-10+,29-18?. The molecule has 0 amide bonds. The van der Waals surface area contributed by atoms with Gasteiger partial charge in [0, 0.05) is 30.9 Å². The van der Waals surface area contributed by atoms with Gasteiger partial charge in [-0.15, -0.1) is 0 Å². The zero-order valence-corrected chi connectivity index (χ0v) is 18.3. The average Bonchev–Trinajstić information content (AvgIpc) is 2.80. The summed E-state index contributed by atoms with van der Waals surface area (Å²) >= 11 is 0. The van der Waals surface area contributed by atoms with Gasteiger partial charge in [0.05, 0.1) is 11.9 Å². The Morgan fingerprint density at radius 1 is 1.25 bits per heavy atom. The molecule has 2 N–H and O–H groups in total. The zero-order chi connectivity index (χ0) is 23.4. The number of hydrogen-bond acceptors (Lipinski definition) is 6. The van der Waals surface area contributed by atoms with E-state index in [1.54, 1.807) is 18.5 Å². The molecule has 0 fully saturated rings. The van der Waals surface area contributed by atoms with Gasteiger partial charge in [0.2, 0.25) is 5.54 Å². The fraction of sp³-hybridized carbons (Fsp3) is 0.320. The van der Waals surface area contributed by atoms with Gasteiger partial charge in [0.1, 0.15) is 12.1 Å². The lowest BCUT2D eigenvalue weighted by molar-refractivity contribution is -0.137. The van der Waals surface area contributed by atoms with Crippen LogP contribution in [0.5, 0.6) is 0 Å². The van der Waals surface area contributed by atoms with E-state index in [2.05, 4.69) is 15.3 Å². The number of pyridine rings is 1. The highest BCUT2D eigenvalue weighted by molar-refractivity contribution is 5.83. The van der Waals surface area contributed by atoms with Crippen LogP contribution in [0.25, 0.3) is 5.57 Å². The lowest BCUT2D eigenvalue weighted by Crippen LogP contribution is -2.45. The van der Waals surface area contributed by atoms with Crippen LogP contribution in [-0.4, -0.2) is 34.4 Å². The molecule has 0 radical (unpaired) electrons. The summed E-state index contributed by atoms with van der Waals surface area (Å²) in [6.07, 6.45) is 8.04. The number of benzene rings is 1. The number of unbranched alkanes of at least 4 members (excludes halogenated alkanes) is 1. The smallest absolute Gasteiger partial charge is 0.303 e. The molecule has 0 saturated heterocycles. The van der Waals surface area contributed by atoms with E-state index < -0.39 is 11.5 Å². The molecular formula is C25H27N5O2. The summed E-state index contributed by atoms with van der Waals surface area (Å²) in [5.41, 5.74) is 1.82. The molecule has 0 aliphatic carbocycles. The fourth-order valence-electron chi connectivity index (χ4n) is 2.92. The van der Waals surface area contributed by atoms with E-state index >= 15 is 0 Å². The molecule has 2 rings (SSSR count). The molecule has 1 heterocycles. The molecule has 0 atom stereocenters. The SMILES string of the molecule is CC(C)CNC(C#N)(C#N)C=Nc1cccc(/C(=C\CCCC(=O)O)c2cccnc2)c1. The zero-order valence-electron chi connectivity index (χ0n) is 18.3. The molecule has 0 spiro atoms. The Balaban J connectivity index is 2.33. The number of hydrogen-bond donors (Lipinski definition) is 2. The first-order valence-electron chi connectivity index (χ1n) is 10.4. The van der Waals surface area contributed by atoms with Crippen LogP contribution in [0.15, 0.2) is 59.9 Å². The molecular weight excluding hydrogens is 402 g/mol. The van der Waals surface area contributed by atoms with Crippen molar-refractivity contribution in [2.45, 2.75) is 38.6 Å². The second-order valence-electron chi connectivity index (χ2n) is 7.76. The topological polar surface area (TPSA) is 122 Å². The van der Waals surface area contributed by atoms with Crippen LogP contribution in [0.2, 0.25) is 0 Å². The van der Waals surface area contributed by atoms with Crippen molar-refractivity contribution >= 4 is 23.4 Å². The number of nitrogens with zero attached hydrogens (tertiary/aromatic N) is 4. The Labute approximate surface area is 188 Å². The van der Waals surface area contributed by atoms with Gasteiger partial charge < -0.3 is 5.11 Å². The number of nitriles is 2. The van der Waals surface area contributed by atoms with Crippen LogP contribution < -0.4 is 5.32 Å². The molecule has 32 heavy (non-hydrogen) atoms. The highest BCUT2D eigenvalue weighted by Gasteiger charge is 2.27. The lowest BCUT2D eigenvalue weighted by Gasteiger charge is -2.17. The summed E-state index contributed by atoms with van der Waals surface area (Å²) in [5.74, 6) is -0.539. The van der Waals surface area contributed by atoms with Gasteiger partial charge in [-0.05, 0) is 48.1 Å². The molecule has 2 aromatic rings. The minimum atomic E-state index is -1.50. The predicted octanol–water partition coefficient (Wildman–Crippen LogP) is 4.50. The quantitative estimate of drug-likeness (QED) is 0.400. The van der Waals surface area contributed by atoms with Crippen molar-refractivity contribution in [1.82, 2.24) is 10.3 Å². The normalized spacial score (nSPS) is 12.0. The monoisotopic (exact) mass is 429 g/mol. The summed E-state index contributed by atoms with van der Waals surface area (Å²) in [5, 5.41) is 30.9. The average molecular weight is 430 g/mol. The lowest BCUT2D eigenvalue weighted by atomic mass is 9.97. The number of carboxylic acid groups (broad SMARTS) is 1. The molecule has 164 valence electrons. The molecule has 1 aromatic carbocycles. The minimum absolute atomic E-state index is 0.106. The summed E-state index contributed by atoms with van der Waals surface area (Å²) in [7, 11) is 0. The first kappa shape index (κ1) is 24.5. The van der Waals surface area contributed by atoms with Gasteiger partial charge in [-0.3, -0.25) is 20.1 Å². The molecule has 0 unspecified atom stereocenters. The first-order chi connectivity index (χ1) is 15.4. The third-order valence-electron chi connectivity index (χ3n) is 4.62. The molecule has 1 aromatic heterocycles. The van der Waals surface area contributed by atoms with E-state index in [0.29, 0.717) is 25.1 Å². The number of allylic oxidation sites excluding steroid dienone is 1. The van der Waals surface area contributed by atoms with Gasteiger partial charge >= 0.3 is 5.97 Å². The van der Waals surface area contributed by atoms with Crippen molar-refractivity contribution in [3.05, 3.63) is 66.0 Å². The van der Waals surface area contributed by atoms with E-state index in [1.807, 2.05) is 62.4 Å². The van der Waals surface area contributed by atoms with Gasteiger partial charge in [-0.2, -0.15) is 10.5 Å². The highest BCUT2D eigenvalue weighted by atomic mass is 16.4. The van der Waals surface area contributed by atoms with E-state index in [4.69, 9.17) is 5.11 Å². The van der Waals surface area contributed by atoms with Gasteiger partial charge in [-0.1, -0.05) is 38.1 Å². The molecule has 0 aliphatic heterocycles. The predicted molar refractivity (Wildman–Crippen MR) is 124 cm³/mol. The number of carbonyl (C=O) groups is 1. The third kappa shape index (κ3) is 7.46. The summed E-state index contributed by atoms with van der Waals surface area (Å²) < 4.78 is 0. The Kier molecular flexibility index (Phi) is 9.28. The van der Waals surface area contributed by atoms with E-state index in [9.17, 15) is 15.3 Å². The van der Waals surface area contributed by atoms with Crippen molar-refractivity contribution in [2.24, 2.45) is 10.9 Å². The van der Waals surface area contributed by atoms with E-state index in [0.717, 1.165) is 16.7 Å². The molecule has 0 aliphatic rings. The highest BCUT2D eigenvalue weighted by Crippen LogP contribution is 2.27. The summed E-state index contributed by atoms with van der Waals surface area (Å²) in [6, 6.07) is 15.3. The minimum Gasteiger partial charge on any atom is -0.481 e. The second kappa shape index (κ2) is 12.1. The maximum atomic E-state index is 10.8. The second-order valence-corrected chi connectivity index (χ2v) is 7.76. The van der Waals surface area contributed by atoms with Crippen LogP contribution in [0.3, 0.4) is 0 Å². The van der Waals surface area contributed by atoms with Crippen LogP contribution in [0.1, 0.15) is 44.2 Å². The number of rotatable bonds is 11. The Morgan fingerprint density at radius 2 is 2.00 bits per heavy atom. The van der Waals surface area contributed by atoms with E-state index in [1.165, 1.54) is 6.21 Å². The van der Waals surface area contributed by atoms with Gasteiger partial charge in [0.15, 0.2) is 0 Å². The maximum absolute atomic E-state index is 10.8. The van der Waals surface area contributed by atoms with Crippen molar-refractivity contribution in [3.8, 4) is 12.1 Å². The van der Waals surface area contributed by atoms with Gasteiger partial charge in [0.25, 0.3) is 0 Å². The fourth-order valence-corrected chi connectivity index (χ4v) is 2.92. The number of aliphatic carboxylic acids is 1. The molecule has 0 saturated carbocycles. The van der Waals surface area contributed by atoms with Crippen LogP contribution in [0.4, 0.5) is 5.69 Å². The van der Waals surface area contributed by atoms with Crippen molar-refractivity contribution in [3.63, 3.8) is 0 Å². The molecule has 0 bridgehead atoms. The maximum Gasteiger partial charge on any atom is 0.303 e. The van der Waals surface area contributed by atoms with Crippen LogP contribution >= 0.6 is 0 Å². The first-order valence-corrected chi connectivity index (χ1v) is 10.4. The van der Waals surface area contributed by atoms with Crippen molar-refractivity contribution < 1.29 is 9.90 Å². The number of aliphatic imine (C=N–C) groups is 1. The summed E-state index contributed by atoms with van der Waals surface area (Å²) in [4.78, 5) is 19.4. The van der Waals surface area contributed by atoms with Crippen molar-refractivity contribution in [1.29, 1.82) is 10.5 Å². The van der Waals surface area contributed by atoms with Crippen LogP contribution in [-0.2, 0) is 4.79 Å². The number of nitrogens with one attached hydrogen (secondary N) is 1. The van der Waals surface area contributed by atoms with Gasteiger partial charge in [-0.25, -0.2) is 0 Å². The largest absolute Gasteiger partial charge is 0.481 e. The van der Waals surface area contributed by atoms with Crippen molar-refractivity contribution in [2.75, 3.05) is 6.54 Å². The van der Waals surface area contributed by atoms with Crippen LogP contribution in [0, 0.1) is 28.6 Å². The number of carboxylic acids is 1. The Morgan fingerprint density at radius 3 is 2.62 bits per heavy atom. The summed E-state index contributed by atoms with van der Waals surface area (Å²) in [6.45, 7) is 4.50. The number of aromatic nitrogens is 1. The third-order valence-corrected chi connectivity index (χ3v) is 4.62. The molecule has 7 nitrogen and oxygen atoms in total. The van der Waals surface area contributed by atoms with E-state index in [-0.39, 0.29) is 12.3 Å². The molecule has 7 heteroatoms.